The van der Waals surface area contributed by atoms with Crippen LogP contribution in [0.3, 0.4) is 0 Å². The SMILES string of the molecule is N#Cc1ccccc1COc1c(I)cc(/C=N\NC(=O)COc2ccc(C3SCCS3)cc2)cc1I. The van der Waals surface area contributed by atoms with Gasteiger partial charge in [0, 0.05) is 17.1 Å². The Morgan fingerprint density at radius 1 is 1.08 bits per heavy atom. The van der Waals surface area contributed by atoms with Crippen molar-refractivity contribution in [3.63, 3.8) is 0 Å². The molecule has 4 rings (SSSR count). The van der Waals surface area contributed by atoms with Crippen molar-refractivity contribution >= 4 is 80.8 Å². The summed E-state index contributed by atoms with van der Waals surface area (Å²) < 4.78 is 13.9. The lowest BCUT2D eigenvalue weighted by atomic mass is 10.1. The number of hydrazone groups is 1. The van der Waals surface area contributed by atoms with Crippen LogP contribution in [0.25, 0.3) is 0 Å². The number of nitrogens with one attached hydrogen (secondary N) is 1. The van der Waals surface area contributed by atoms with Gasteiger partial charge in [0.05, 0.1) is 29.6 Å². The molecule has 0 spiro atoms. The smallest absolute Gasteiger partial charge is 0.277 e. The number of rotatable bonds is 9. The maximum atomic E-state index is 12.1. The molecule has 1 N–H and O–H groups in total. The fraction of sp³-hybridized carbons (Fsp3) is 0.192. The Hall–Kier alpha value is -1.95. The highest BCUT2D eigenvalue weighted by molar-refractivity contribution is 14.1. The predicted molar refractivity (Wildman–Crippen MR) is 163 cm³/mol. The Labute approximate surface area is 245 Å². The second-order valence-corrected chi connectivity index (χ2v) is 12.6. The van der Waals surface area contributed by atoms with E-state index in [1.807, 2.05) is 66.0 Å². The van der Waals surface area contributed by atoms with E-state index in [0.717, 1.165) is 24.0 Å². The third-order valence-corrected chi connectivity index (χ3v) is 9.78. The molecule has 1 saturated heterocycles. The number of benzene rings is 3. The first-order valence-electron chi connectivity index (χ1n) is 10.9. The number of carbonyl (C=O) groups is 1. The molecule has 0 saturated carbocycles. The van der Waals surface area contributed by atoms with Crippen molar-refractivity contribution in [2.24, 2.45) is 5.10 Å². The van der Waals surface area contributed by atoms with E-state index >= 15 is 0 Å². The molecular formula is C26H21I2N3O3S2. The average molecular weight is 741 g/mol. The summed E-state index contributed by atoms with van der Waals surface area (Å²) in [6.07, 6.45) is 1.59. The van der Waals surface area contributed by atoms with Crippen LogP contribution < -0.4 is 14.9 Å². The van der Waals surface area contributed by atoms with E-state index in [4.69, 9.17) is 9.47 Å². The first kappa shape index (κ1) is 27.1. The van der Waals surface area contributed by atoms with Gasteiger partial charge in [-0.1, -0.05) is 30.3 Å². The second-order valence-electron chi connectivity index (χ2n) is 7.60. The summed E-state index contributed by atoms with van der Waals surface area (Å²) >= 11 is 8.32. The lowest BCUT2D eigenvalue weighted by Crippen LogP contribution is -2.24. The standard InChI is InChI=1S/C26H21I2N3O3S2/c27-22-11-17(12-23(28)25(22)34-15-20-4-2-1-3-19(20)13-29)14-30-31-24(32)16-33-21-7-5-18(6-8-21)26-35-9-10-36-26/h1-8,11-12,14,26H,9-10,15-16H2,(H,31,32)/b30-14-. The van der Waals surface area contributed by atoms with Crippen molar-refractivity contribution in [1.29, 1.82) is 5.26 Å². The van der Waals surface area contributed by atoms with Crippen LogP contribution in [0.5, 0.6) is 11.5 Å². The molecule has 184 valence electrons. The molecule has 1 aliphatic rings. The van der Waals surface area contributed by atoms with Gasteiger partial charge in [0.15, 0.2) is 6.61 Å². The number of ether oxygens (including phenoxy) is 2. The van der Waals surface area contributed by atoms with Crippen LogP contribution >= 0.6 is 68.7 Å². The molecule has 1 fully saturated rings. The lowest BCUT2D eigenvalue weighted by Gasteiger charge is -2.12. The Kier molecular flexibility index (Phi) is 10.2. The number of amides is 1. The van der Waals surface area contributed by atoms with Crippen LogP contribution in [-0.2, 0) is 11.4 Å². The summed E-state index contributed by atoms with van der Waals surface area (Å²) in [5.74, 6) is 3.43. The largest absolute Gasteiger partial charge is 0.487 e. The van der Waals surface area contributed by atoms with Crippen molar-refractivity contribution < 1.29 is 14.3 Å². The van der Waals surface area contributed by atoms with Crippen LogP contribution in [0, 0.1) is 18.5 Å². The highest BCUT2D eigenvalue weighted by Gasteiger charge is 2.18. The normalized spacial score (nSPS) is 13.5. The molecule has 0 radical (unpaired) electrons. The third kappa shape index (κ3) is 7.53. The third-order valence-electron chi connectivity index (χ3n) is 5.08. The fourth-order valence-electron chi connectivity index (χ4n) is 3.33. The van der Waals surface area contributed by atoms with E-state index in [1.54, 1.807) is 12.3 Å². The van der Waals surface area contributed by atoms with Gasteiger partial charge in [-0.3, -0.25) is 4.79 Å². The van der Waals surface area contributed by atoms with Gasteiger partial charge >= 0.3 is 0 Å². The summed E-state index contributed by atoms with van der Waals surface area (Å²) in [7, 11) is 0. The van der Waals surface area contributed by atoms with Crippen molar-refractivity contribution in [2.45, 2.75) is 11.2 Å². The van der Waals surface area contributed by atoms with E-state index < -0.39 is 0 Å². The minimum Gasteiger partial charge on any atom is -0.487 e. The number of nitrogens with zero attached hydrogens (tertiary/aromatic N) is 2. The maximum Gasteiger partial charge on any atom is 0.277 e. The fourth-order valence-corrected chi connectivity index (χ4v) is 8.32. The van der Waals surface area contributed by atoms with Crippen molar-refractivity contribution in [3.05, 3.63) is 90.1 Å². The molecule has 6 nitrogen and oxygen atoms in total. The zero-order valence-corrected chi connectivity index (χ0v) is 24.9. The molecule has 1 amide bonds. The molecule has 3 aromatic carbocycles. The van der Waals surface area contributed by atoms with Crippen molar-refractivity contribution in [2.75, 3.05) is 18.1 Å². The van der Waals surface area contributed by atoms with Crippen molar-refractivity contribution in [3.8, 4) is 17.6 Å². The first-order valence-corrected chi connectivity index (χ1v) is 15.2. The number of halogens is 2. The summed E-state index contributed by atoms with van der Waals surface area (Å²) in [6, 6.07) is 21.3. The van der Waals surface area contributed by atoms with Gasteiger partial charge in [0.1, 0.15) is 18.1 Å². The molecule has 0 bridgehead atoms. The van der Waals surface area contributed by atoms with Crippen LogP contribution in [-0.4, -0.2) is 30.2 Å². The van der Waals surface area contributed by atoms with Crippen LogP contribution in [0.1, 0.15) is 26.8 Å². The van der Waals surface area contributed by atoms with E-state index in [2.05, 4.69) is 73.9 Å². The molecule has 0 aliphatic carbocycles. The van der Waals surface area contributed by atoms with Gasteiger partial charge in [-0.05, 0) is 86.6 Å². The van der Waals surface area contributed by atoms with Crippen molar-refractivity contribution in [1.82, 2.24) is 5.43 Å². The predicted octanol–water partition coefficient (Wildman–Crippen LogP) is 6.35. The molecule has 3 aromatic rings. The van der Waals surface area contributed by atoms with Gasteiger partial charge in [0.2, 0.25) is 0 Å². The van der Waals surface area contributed by atoms with E-state index in [0.29, 0.717) is 22.5 Å². The highest BCUT2D eigenvalue weighted by Crippen LogP contribution is 2.45. The van der Waals surface area contributed by atoms with Crippen LogP contribution in [0.4, 0.5) is 0 Å². The number of carbonyl (C=O) groups excluding carboxylic acids is 1. The van der Waals surface area contributed by atoms with Crippen LogP contribution in [0.2, 0.25) is 0 Å². The van der Waals surface area contributed by atoms with E-state index in [9.17, 15) is 10.1 Å². The monoisotopic (exact) mass is 741 g/mol. The molecule has 0 atom stereocenters. The summed E-state index contributed by atoms with van der Waals surface area (Å²) in [6.45, 7) is 0.191. The summed E-state index contributed by atoms with van der Waals surface area (Å²) in [5.41, 5.74) is 6.04. The van der Waals surface area contributed by atoms with E-state index in [-0.39, 0.29) is 12.5 Å². The lowest BCUT2D eigenvalue weighted by molar-refractivity contribution is -0.123. The second kappa shape index (κ2) is 13.6. The average Bonchev–Trinajstić information content (AvgIpc) is 3.43. The maximum absolute atomic E-state index is 12.1. The molecule has 0 unspecified atom stereocenters. The van der Waals surface area contributed by atoms with Gasteiger partial charge in [-0.2, -0.15) is 10.4 Å². The number of thioether (sulfide) groups is 2. The molecule has 1 heterocycles. The Balaban J connectivity index is 1.27. The topological polar surface area (TPSA) is 83.7 Å². The Morgan fingerprint density at radius 3 is 2.47 bits per heavy atom. The molecule has 10 heteroatoms. The van der Waals surface area contributed by atoms with Gasteiger partial charge in [-0.15, -0.1) is 23.5 Å². The van der Waals surface area contributed by atoms with Gasteiger partial charge < -0.3 is 9.47 Å². The Morgan fingerprint density at radius 2 is 1.78 bits per heavy atom. The molecule has 36 heavy (non-hydrogen) atoms. The zero-order chi connectivity index (χ0) is 25.3. The number of nitriles is 1. The zero-order valence-electron chi connectivity index (χ0n) is 18.9. The first-order chi connectivity index (χ1) is 17.5. The Bertz CT molecular complexity index is 1270. The number of hydrogen-bond acceptors (Lipinski definition) is 7. The van der Waals surface area contributed by atoms with E-state index in [1.165, 1.54) is 17.1 Å². The minimum absolute atomic E-state index is 0.115. The quantitative estimate of drug-likeness (QED) is 0.156. The van der Waals surface area contributed by atoms with Gasteiger partial charge in [0.25, 0.3) is 5.91 Å². The number of hydrogen-bond donors (Lipinski definition) is 1. The molecular weight excluding hydrogens is 720 g/mol. The minimum atomic E-state index is -0.335. The highest BCUT2D eigenvalue weighted by atomic mass is 127. The van der Waals surface area contributed by atoms with Crippen LogP contribution in [0.15, 0.2) is 65.8 Å². The van der Waals surface area contributed by atoms with Gasteiger partial charge in [-0.25, -0.2) is 5.43 Å². The molecule has 0 aromatic heterocycles. The summed E-state index contributed by atoms with van der Waals surface area (Å²) in [4.78, 5) is 12.1. The summed E-state index contributed by atoms with van der Waals surface area (Å²) in [5, 5.41) is 13.3. The molecule has 1 aliphatic heterocycles.